The van der Waals surface area contributed by atoms with E-state index in [0.717, 1.165) is 12.8 Å². The number of piperidine rings is 1. The van der Waals surface area contributed by atoms with E-state index < -0.39 is 15.5 Å². The molecule has 12 heteroatoms. The van der Waals surface area contributed by atoms with Crippen molar-refractivity contribution in [3.05, 3.63) is 0 Å². The van der Waals surface area contributed by atoms with Gasteiger partial charge in [0.2, 0.25) is 0 Å². The first-order valence-electron chi connectivity index (χ1n) is 9.38. The topological polar surface area (TPSA) is 92.3 Å². The van der Waals surface area contributed by atoms with Gasteiger partial charge in [-0.05, 0) is 19.8 Å². The van der Waals surface area contributed by atoms with E-state index in [2.05, 4.69) is 15.6 Å². The molecule has 2 saturated heterocycles. The fourth-order valence-corrected chi connectivity index (χ4v) is 4.28. The van der Waals surface area contributed by atoms with E-state index >= 15 is 0 Å². The Kier molecular flexibility index (Phi) is 7.94. The predicted molar refractivity (Wildman–Crippen MR) is 98.5 cm³/mol. The maximum absolute atomic E-state index is 12.7. The van der Waals surface area contributed by atoms with Crippen molar-refractivity contribution in [3.8, 4) is 0 Å². The molecule has 8 nitrogen and oxygen atoms in total. The lowest BCUT2D eigenvalue weighted by atomic mass is 9.94. The van der Waals surface area contributed by atoms with Crippen molar-refractivity contribution >= 4 is 16.0 Å². The molecule has 2 aliphatic rings. The number of hydrogen-bond donors (Lipinski definition) is 2. The van der Waals surface area contributed by atoms with Crippen molar-refractivity contribution in [2.75, 3.05) is 46.5 Å². The third-order valence-corrected chi connectivity index (χ3v) is 6.76. The summed E-state index contributed by atoms with van der Waals surface area (Å²) in [6.07, 6.45) is 2.01. The second-order valence-corrected chi connectivity index (χ2v) is 8.89. The third kappa shape index (κ3) is 5.71. The van der Waals surface area contributed by atoms with E-state index in [-0.39, 0.29) is 37.6 Å². The highest BCUT2D eigenvalue weighted by atomic mass is 32.2. The summed E-state index contributed by atoms with van der Waals surface area (Å²) in [5.41, 5.74) is -5.65. The molecule has 0 aliphatic carbocycles. The summed E-state index contributed by atoms with van der Waals surface area (Å²) in [5, 5.41) is 6.31. The number of alkyl halides is 3. The second-order valence-electron chi connectivity index (χ2n) is 6.96. The zero-order valence-corrected chi connectivity index (χ0v) is 17.0. The van der Waals surface area contributed by atoms with Crippen LogP contribution in [0.25, 0.3) is 0 Å². The van der Waals surface area contributed by atoms with Crippen molar-refractivity contribution in [2.24, 2.45) is 4.99 Å². The van der Waals surface area contributed by atoms with E-state index in [1.165, 1.54) is 0 Å². The van der Waals surface area contributed by atoms with E-state index in [4.69, 9.17) is 9.47 Å². The molecular formula is C16H29F3N4O4S. The maximum Gasteiger partial charge on any atom is 0.511 e. The first-order valence-corrected chi connectivity index (χ1v) is 10.8. The summed E-state index contributed by atoms with van der Waals surface area (Å²) in [7, 11) is -3.62. The number of ether oxygens (including phenoxy) is 2. The highest BCUT2D eigenvalue weighted by molar-refractivity contribution is 7.90. The molecular weight excluding hydrogens is 401 g/mol. The van der Waals surface area contributed by atoms with Gasteiger partial charge in [0.25, 0.3) is 0 Å². The Morgan fingerprint density at radius 1 is 1.29 bits per heavy atom. The normalized spacial score (nSPS) is 22.8. The summed E-state index contributed by atoms with van der Waals surface area (Å²) < 4.78 is 72.6. The molecule has 2 N–H and O–H groups in total. The predicted octanol–water partition coefficient (Wildman–Crippen LogP) is 1.05. The van der Waals surface area contributed by atoms with Gasteiger partial charge in [-0.25, -0.2) is 8.42 Å². The minimum absolute atomic E-state index is 0.161. The van der Waals surface area contributed by atoms with Gasteiger partial charge in [-0.15, -0.1) is 0 Å². The number of guanidine groups is 1. The molecule has 0 saturated carbocycles. The molecule has 164 valence electrons. The number of nitrogens with zero attached hydrogens (tertiary/aromatic N) is 2. The molecule has 0 atom stereocenters. The van der Waals surface area contributed by atoms with Gasteiger partial charge in [0.05, 0.1) is 12.1 Å². The van der Waals surface area contributed by atoms with Gasteiger partial charge in [0.15, 0.2) is 5.96 Å². The van der Waals surface area contributed by atoms with E-state index in [0.29, 0.717) is 36.6 Å². The Morgan fingerprint density at radius 3 is 2.39 bits per heavy atom. The molecule has 0 unspecified atom stereocenters. The average molecular weight is 430 g/mol. The molecule has 0 radical (unpaired) electrons. The van der Waals surface area contributed by atoms with E-state index in [9.17, 15) is 21.6 Å². The monoisotopic (exact) mass is 430 g/mol. The lowest BCUT2D eigenvalue weighted by molar-refractivity contribution is -0.0829. The number of nitrogens with one attached hydrogen (secondary N) is 2. The van der Waals surface area contributed by atoms with Crippen molar-refractivity contribution < 1.29 is 31.1 Å². The number of hydrogen-bond acceptors (Lipinski definition) is 5. The van der Waals surface area contributed by atoms with Crippen LogP contribution >= 0.6 is 0 Å². The molecule has 0 aromatic rings. The van der Waals surface area contributed by atoms with Crippen LogP contribution in [0.1, 0.15) is 32.6 Å². The smallest absolute Gasteiger partial charge is 0.381 e. The fourth-order valence-electron chi connectivity index (χ4n) is 3.29. The van der Waals surface area contributed by atoms with Crippen LogP contribution in [0, 0.1) is 0 Å². The Labute approximate surface area is 163 Å². The standard InChI is InChI=1S/C16H29F3N4O4S/c1-3-20-14(21-12-15(26-2)6-10-27-11-7-15)22-13-4-8-23(9-5-13)28(24,25)16(17,18)19/h13H,3-12H2,1-2H3,(H2,20,21,22). The summed E-state index contributed by atoms with van der Waals surface area (Å²) in [6, 6.07) is -0.161. The Hall–Kier alpha value is -1.11. The van der Waals surface area contributed by atoms with Gasteiger partial charge >= 0.3 is 15.5 Å². The van der Waals surface area contributed by atoms with Gasteiger partial charge in [0, 0.05) is 58.8 Å². The molecule has 0 bridgehead atoms. The number of methoxy groups -OCH3 is 1. The first kappa shape index (κ1) is 23.2. The molecule has 2 rings (SSSR count). The molecule has 2 fully saturated rings. The highest BCUT2D eigenvalue weighted by Gasteiger charge is 2.50. The molecule has 28 heavy (non-hydrogen) atoms. The molecule has 2 aliphatic heterocycles. The van der Waals surface area contributed by atoms with Gasteiger partial charge in [-0.3, -0.25) is 4.99 Å². The van der Waals surface area contributed by atoms with E-state index in [1.807, 2.05) is 6.92 Å². The SMILES string of the molecule is CCNC(=NCC1(OC)CCOCC1)NC1CCN(S(=O)(=O)C(F)(F)F)CC1. The van der Waals surface area contributed by atoms with Crippen LogP contribution in [0.3, 0.4) is 0 Å². The summed E-state index contributed by atoms with van der Waals surface area (Å²) in [4.78, 5) is 4.58. The van der Waals surface area contributed by atoms with Crippen molar-refractivity contribution in [1.29, 1.82) is 0 Å². The first-order chi connectivity index (χ1) is 13.1. The molecule has 0 aromatic carbocycles. The number of sulfonamides is 1. The summed E-state index contributed by atoms with van der Waals surface area (Å²) in [6.45, 7) is 3.82. The lowest BCUT2D eigenvalue weighted by Crippen LogP contribution is -2.52. The fraction of sp³-hybridized carbons (Fsp3) is 0.938. The van der Waals surface area contributed by atoms with Crippen LogP contribution in [-0.2, 0) is 19.5 Å². The van der Waals surface area contributed by atoms with Crippen LogP contribution in [-0.4, -0.2) is 82.3 Å². The van der Waals surface area contributed by atoms with Crippen molar-refractivity contribution in [1.82, 2.24) is 14.9 Å². The average Bonchev–Trinajstić information content (AvgIpc) is 2.66. The Bertz CT molecular complexity index is 628. The molecule has 0 aromatic heterocycles. The number of halogens is 3. The van der Waals surface area contributed by atoms with E-state index in [1.54, 1.807) is 7.11 Å². The molecule has 2 heterocycles. The highest BCUT2D eigenvalue weighted by Crippen LogP contribution is 2.29. The lowest BCUT2D eigenvalue weighted by Gasteiger charge is -2.35. The zero-order valence-electron chi connectivity index (χ0n) is 16.2. The van der Waals surface area contributed by atoms with Gasteiger partial charge in [0.1, 0.15) is 0 Å². The molecule has 0 spiro atoms. The number of aliphatic imine (C=N–C) groups is 1. The minimum atomic E-state index is -5.27. The minimum Gasteiger partial charge on any atom is -0.381 e. The van der Waals surface area contributed by atoms with Gasteiger partial charge in [-0.2, -0.15) is 17.5 Å². The van der Waals surface area contributed by atoms with Crippen LogP contribution in [0.2, 0.25) is 0 Å². The van der Waals surface area contributed by atoms with Gasteiger partial charge in [-0.1, -0.05) is 0 Å². The Morgan fingerprint density at radius 2 is 1.89 bits per heavy atom. The van der Waals surface area contributed by atoms with Crippen molar-refractivity contribution in [2.45, 2.75) is 49.8 Å². The maximum atomic E-state index is 12.7. The zero-order chi connectivity index (χ0) is 20.8. The van der Waals surface area contributed by atoms with Crippen LogP contribution in [0.4, 0.5) is 13.2 Å². The van der Waals surface area contributed by atoms with Crippen LogP contribution in [0.5, 0.6) is 0 Å². The summed E-state index contributed by atoms with van der Waals surface area (Å²) >= 11 is 0. The van der Waals surface area contributed by atoms with Crippen molar-refractivity contribution in [3.63, 3.8) is 0 Å². The van der Waals surface area contributed by atoms with Crippen LogP contribution < -0.4 is 10.6 Å². The van der Waals surface area contributed by atoms with Crippen LogP contribution in [0.15, 0.2) is 4.99 Å². The Balaban J connectivity index is 1.94. The molecule has 0 amide bonds. The number of rotatable bonds is 6. The largest absolute Gasteiger partial charge is 0.511 e. The third-order valence-electron chi connectivity index (χ3n) is 5.13. The van der Waals surface area contributed by atoms with Gasteiger partial charge < -0.3 is 20.1 Å². The summed E-state index contributed by atoms with van der Waals surface area (Å²) in [5.74, 6) is 0.544. The second kappa shape index (κ2) is 9.59. The quantitative estimate of drug-likeness (QED) is 0.484.